The Balaban J connectivity index is 1.94. The van der Waals surface area contributed by atoms with Gasteiger partial charge in [0.2, 0.25) is 0 Å². The molecule has 0 aliphatic heterocycles. The van der Waals surface area contributed by atoms with Gasteiger partial charge in [0.25, 0.3) is 0 Å². The molecule has 4 heteroatoms. The molecule has 0 bridgehead atoms. The maximum atomic E-state index is 12.4. The van der Waals surface area contributed by atoms with Gasteiger partial charge in [-0.25, -0.2) is 0 Å². The van der Waals surface area contributed by atoms with Crippen LogP contribution in [-0.2, 0) is 6.18 Å². The number of nitrogens with one attached hydrogen (secondary N) is 1. The van der Waals surface area contributed by atoms with E-state index in [1.807, 2.05) is 30.3 Å². The maximum Gasteiger partial charge on any atom is 0.416 e. The molecule has 2 aromatic carbocycles. The van der Waals surface area contributed by atoms with E-state index in [0.29, 0.717) is 18.2 Å². The van der Waals surface area contributed by atoms with Crippen LogP contribution in [0.1, 0.15) is 24.0 Å². The molecule has 0 heterocycles. The van der Waals surface area contributed by atoms with Crippen LogP contribution in [0.15, 0.2) is 54.6 Å². The number of hydrogen-bond donors (Lipinski definition) is 1. The van der Waals surface area contributed by atoms with Crippen molar-refractivity contribution in [1.29, 1.82) is 0 Å². The van der Waals surface area contributed by atoms with Gasteiger partial charge in [0.15, 0.2) is 0 Å². The molecule has 1 atom stereocenters. The van der Waals surface area contributed by atoms with Crippen molar-refractivity contribution in [1.82, 2.24) is 0 Å². The largest absolute Gasteiger partial charge is 0.416 e. The fourth-order valence-electron chi connectivity index (χ4n) is 1.95. The highest BCUT2D eigenvalue weighted by molar-refractivity contribution is 5.45. The molecule has 2 aromatic rings. The minimum Gasteiger partial charge on any atom is -0.384 e. The normalized spacial score (nSPS) is 13.0. The molecule has 20 heavy (non-hydrogen) atoms. The van der Waals surface area contributed by atoms with E-state index in [0.717, 1.165) is 12.1 Å². The van der Waals surface area contributed by atoms with Crippen molar-refractivity contribution in [3.8, 4) is 0 Å². The molecule has 106 valence electrons. The van der Waals surface area contributed by atoms with Gasteiger partial charge in [0.1, 0.15) is 0 Å². The van der Waals surface area contributed by atoms with Crippen molar-refractivity contribution in [2.45, 2.75) is 19.0 Å². The Kier molecular flexibility index (Phi) is 4.32. The van der Waals surface area contributed by atoms with Crippen LogP contribution in [-0.4, -0.2) is 6.54 Å². The van der Waals surface area contributed by atoms with Crippen molar-refractivity contribution in [2.75, 3.05) is 11.9 Å². The Morgan fingerprint density at radius 2 is 1.55 bits per heavy atom. The zero-order valence-electron chi connectivity index (χ0n) is 11.1. The van der Waals surface area contributed by atoms with Crippen molar-refractivity contribution < 1.29 is 13.2 Å². The summed E-state index contributed by atoms with van der Waals surface area (Å²) in [5, 5.41) is 3.15. The first kappa shape index (κ1) is 14.4. The van der Waals surface area contributed by atoms with Crippen LogP contribution in [0, 0.1) is 0 Å². The van der Waals surface area contributed by atoms with Crippen LogP contribution < -0.4 is 5.32 Å². The van der Waals surface area contributed by atoms with Gasteiger partial charge >= 0.3 is 6.18 Å². The molecule has 0 unspecified atom stereocenters. The predicted octanol–water partition coefficient (Wildman–Crippen LogP) is 4.92. The van der Waals surface area contributed by atoms with Crippen LogP contribution >= 0.6 is 0 Å². The quantitative estimate of drug-likeness (QED) is 0.837. The van der Waals surface area contributed by atoms with Crippen LogP contribution in [0.5, 0.6) is 0 Å². The molecule has 0 aliphatic carbocycles. The molecule has 0 spiro atoms. The molecule has 0 aromatic heterocycles. The summed E-state index contributed by atoms with van der Waals surface area (Å²) in [6, 6.07) is 15.1. The monoisotopic (exact) mass is 279 g/mol. The average Bonchev–Trinajstić information content (AvgIpc) is 2.45. The van der Waals surface area contributed by atoms with Crippen LogP contribution in [0.4, 0.5) is 18.9 Å². The first-order chi connectivity index (χ1) is 9.47. The standard InChI is InChI=1S/C16H16F3N/c1-12(13-5-3-2-4-6-13)11-20-15-9-7-14(8-10-15)16(17,18)19/h2-10,12,20H,11H2,1H3/t12-/m1/s1. The third-order valence-electron chi connectivity index (χ3n) is 3.19. The first-order valence-corrected chi connectivity index (χ1v) is 6.43. The lowest BCUT2D eigenvalue weighted by Gasteiger charge is -2.14. The molecular weight excluding hydrogens is 263 g/mol. The molecule has 0 saturated heterocycles. The molecule has 2 rings (SSSR count). The van der Waals surface area contributed by atoms with Crippen molar-refractivity contribution in [3.05, 3.63) is 65.7 Å². The van der Waals surface area contributed by atoms with E-state index in [9.17, 15) is 13.2 Å². The summed E-state index contributed by atoms with van der Waals surface area (Å²) in [4.78, 5) is 0. The second-order valence-corrected chi connectivity index (χ2v) is 4.77. The van der Waals surface area contributed by atoms with Gasteiger partial charge in [-0.2, -0.15) is 13.2 Å². The first-order valence-electron chi connectivity index (χ1n) is 6.43. The molecular formula is C16H16F3N. The van der Waals surface area contributed by atoms with Gasteiger partial charge in [-0.15, -0.1) is 0 Å². The van der Waals surface area contributed by atoms with E-state index in [2.05, 4.69) is 12.2 Å². The summed E-state index contributed by atoms with van der Waals surface area (Å²) >= 11 is 0. The highest BCUT2D eigenvalue weighted by atomic mass is 19.4. The SMILES string of the molecule is C[C@H](CNc1ccc(C(F)(F)F)cc1)c1ccccc1. The Morgan fingerprint density at radius 3 is 2.10 bits per heavy atom. The van der Waals surface area contributed by atoms with Gasteiger partial charge in [0.05, 0.1) is 5.56 Å². The van der Waals surface area contributed by atoms with E-state index in [1.165, 1.54) is 17.7 Å². The second kappa shape index (κ2) is 5.99. The minimum absolute atomic E-state index is 0.290. The lowest BCUT2D eigenvalue weighted by Crippen LogP contribution is -2.10. The number of benzene rings is 2. The molecule has 0 saturated carbocycles. The molecule has 0 radical (unpaired) electrons. The van der Waals surface area contributed by atoms with Crippen molar-refractivity contribution >= 4 is 5.69 Å². The highest BCUT2D eigenvalue weighted by Crippen LogP contribution is 2.29. The predicted molar refractivity (Wildman–Crippen MR) is 74.8 cm³/mol. The number of halogens is 3. The van der Waals surface area contributed by atoms with Gasteiger partial charge in [-0.05, 0) is 35.7 Å². The van der Waals surface area contributed by atoms with Crippen molar-refractivity contribution in [2.24, 2.45) is 0 Å². The fraction of sp³-hybridized carbons (Fsp3) is 0.250. The lowest BCUT2D eigenvalue weighted by molar-refractivity contribution is -0.137. The molecule has 0 aliphatic rings. The smallest absolute Gasteiger partial charge is 0.384 e. The maximum absolute atomic E-state index is 12.4. The molecule has 1 N–H and O–H groups in total. The van der Waals surface area contributed by atoms with Crippen molar-refractivity contribution in [3.63, 3.8) is 0 Å². The van der Waals surface area contributed by atoms with Crippen LogP contribution in [0.25, 0.3) is 0 Å². The number of hydrogen-bond acceptors (Lipinski definition) is 1. The van der Waals surface area contributed by atoms with E-state index in [-0.39, 0.29) is 0 Å². The fourth-order valence-corrected chi connectivity index (χ4v) is 1.95. The van der Waals surface area contributed by atoms with E-state index in [1.54, 1.807) is 0 Å². The third-order valence-corrected chi connectivity index (χ3v) is 3.19. The molecule has 0 amide bonds. The molecule has 1 nitrogen and oxygen atoms in total. The van der Waals surface area contributed by atoms with Crippen LogP contribution in [0.3, 0.4) is 0 Å². The molecule has 0 fully saturated rings. The van der Waals surface area contributed by atoms with Gasteiger partial charge in [-0.3, -0.25) is 0 Å². The summed E-state index contributed by atoms with van der Waals surface area (Å²) in [6.45, 7) is 2.75. The van der Waals surface area contributed by atoms with Gasteiger partial charge in [-0.1, -0.05) is 37.3 Å². The highest BCUT2D eigenvalue weighted by Gasteiger charge is 2.29. The van der Waals surface area contributed by atoms with Gasteiger partial charge in [0, 0.05) is 12.2 Å². The third kappa shape index (κ3) is 3.76. The minimum atomic E-state index is -4.28. The zero-order chi connectivity index (χ0) is 14.6. The summed E-state index contributed by atoms with van der Waals surface area (Å²) < 4.78 is 37.3. The Labute approximate surface area is 116 Å². The van der Waals surface area contributed by atoms with E-state index in [4.69, 9.17) is 0 Å². The zero-order valence-corrected chi connectivity index (χ0v) is 11.1. The average molecular weight is 279 g/mol. The Morgan fingerprint density at radius 1 is 0.950 bits per heavy atom. The van der Waals surface area contributed by atoms with E-state index < -0.39 is 11.7 Å². The number of rotatable bonds is 4. The van der Waals surface area contributed by atoms with Gasteiger partial charge < -0.3 is 5.32 Å². The van der Waals surface area contributed by atoms with E-state index >= 15 is 0 Å². The second-order valence-electron chi connectivity index (χ2n) is 4.77. The summed E-state index contributed by atoms with van der Waals surface area (Å²) in [5.74, 6) is 0.290. The van der Waals surface area contributed by atoms with Crippen LogP contribution in [0.2, 0.25) is 0 Å². The number of anilines is 1. The summed E-state index contributed by atoms with van der Waals surface area (Å²) in [5.41, 5.74) is 1.27. The topological polar surface area (TPSA) is 12.0 Å². The lowest BCUT2D eigenvalue weighted by atomic mass is 10.0. The number of alkyl halides is 3. The summed E-state index contributed by atoms with van der Waals surface area (Å²) in [7, 11) is 0. The summed E-state index contributed by atoms with van der Waals surface area (Å²) in [6.07, 6.45) is -4.28. The Bertz CT molecular complexity index is 532. The Hall–Kier alpha value is -1.97.